The molecule has 1 saturated heterocycles. The van der Waals surface area contributed by atoms with Gasteiger partial charge in [-0.3, -0.25) is 4.79 Å². The lowest BCUT2D eigenvalue weighted by molar-refractivity contribution is -0.116. The molecule has 2 heterocycles. The Labute approximate surface area is 124 Å². The van der Waals surface area contributed by atoms with Crippen LogP contribution in [0.5, 0.6) is 0 Å². The van der Waals surface area contributed by atoms with Crippen molar-refractivity contribution in [2.75, 3.05) is 24.2 Å². The lowest BCUT2D eigenvalue weighted by Gasteiger charge is -2.21. The molecule has 0 spiro atoms. The highest BCUT2D eigenvalue weighted by Gasteiger charge is 2.32. The lowest BCUT2D eigenvalue weighted by atomic mass is 10.2. The minimum atomic E-state index is -3.52. The quantitative estimate of drug-likeness (QED) is 0.902. The normalized spacial score (nSPS) is 23.4. The summed E-state index contributed by atoms with van der Waals surface area (Å²) < 4.78 is 31.7. The van der Waals surface area contributed by atoms with Crippen molar-refractivity contribution in [1.82, 2.24) is 4.31 Å². The second-order valence-corrected chi connectivity index (χ2v) is 7.40. The van der Waals surface area contributed by atoms with Crippen LogP contribution < -0.4 is 5.32 Å². The van der Waals surface area contributed by atoms with Crippen LogP contribution in [0.3, 0.4) is 0 Å². The third kappa shape index (κ3) is 3.25. The van der Waals surface area contributed by atoms with Gasteiger partial charge >= 0.3 is 0 Å². The van der Waals surface area contributed by atoms with E-state index in [4.69, 9.17) is 4.74 Å². The summed E-state index contributed by atoms with van der Waals surface area (Å²) in [5, 5.41) is 2.74. The Morgan fingerprint density at radius 1 is 1.29 bits per heavy atom. The van der Waals surface area contributed by atoms with Gasteiger partial charge in [-0.1, -0.05) is 18.2 Å². The van der Waals surface area contributed by atoms with Gasteiger partial charge in [0, 0.05) is 18.8 Å². The van der Waals surface area contributed by atoms with Crippen LogP contribution in [0.1, 0.15) is 18.4 Å². The summed E-state index contributed by atoms with van der Waals surface area (Å²) in [4.78, 5) is 11.9. The molecule has 1 fully saturated rings. The Morgan fingerprint density at radius 2 is 2.10 bits per heavy atom. The number of nitrogens with zero attached hydrogens (tertiary/aromatic N) is 1. The predicted molar refractivity (Wildman–Crippen MR) is 78.2 cm³/mol. The molecule has 1 aromatic rings. The van der Waals surface area contributed by atoms with E-state index in [0.29, 0.717) is 12.3 Å². The van der Waals surface area contributed by atoms with Gasteiger partial charge < -0.3 is 10.1 Å². The first-order chi connectivity index (χ1) is 10.0. The molecule has 21 heavy (non-hydrogen) atoms. The summed E-state index contributed by atoms with van der Waals surface area (Å²) in [5.74, 6) is -0.363. The Hall–Kier alpha value is -1.44. The van der Waals surface area contributed by atoms with Gasteiger partial charge in [0.2, 0.25) is 15.9 Å². The fourth-order valence-corrected chi connectivity index (χ4v) is 4.28. The Morgan fingerprint density at radius 3 is 2.86 bits per heavy atom. The van der Waals surface area contributed by atoms with Crippen molar-refractivity contribution in [3.8, 4) is 0 Å². The van der Waals surface area contributed by atoms with Gasteiger partial charge in [0.25, 0.3) is 0 Å². The molecule has 0 aromatic heterocycles. The number of hydrogen-bond acceptors (Lipinski definition) is 4. The lowest BCUT2D eigenvalue weighted by Crippen LogP contribution is -2.39. The molecule has 3 rings (SSSR count). The zero-order chi connectivity index (χ0) is 14.9. The van der Waals surface area contributed by atoms with Crippen LogP contribution in [0.4, 0.5) is 5.69 Å². The van der Waals surface area contributed by atoms with E-state index >= 15 is 0 Å². The number of anilines is 1. The van der Waals surface area contributed by atoms with E-state index in [1.807, 2.05) is 18.2 Å². The van der Waals surface area contributed by atoms with Gasteiger partial charge in [0.05, 0.1) is 18.4 Å². The number of carbonyl (C=O) groups is 1. The van der Waals surface area contributed by atoms with Crippen LogP contribution in [0.2, 0.25) is 0 Å². The van der Waals surface area contributed by atoms with Crippen molar-refractivity contribution >= 4 is 21.6 Å². The van der Waals surface area contributed by atoms with Gasteiger partial charge in [0.1, 0.15) is 0 Å². The van der Waals surface area contributed by atoms with E-state index in [9.17, 15) is 13.2 Å². The maximum atomic E-state index is 12.5. The Balaban J connectivity index is 1.82. The number of carbonyl (C=O) groups excluding carboxylic acids is 1. The number of benzene rings is 1. The summed E-state index contributed by atoms with van der Waals surface area (Å²) in [6, 6.07) is 7.26. The van der Waals surface area contributed by atoms with Crippen LogP contribution in [-0.2, 0) is 26.1 Å². The number of ether oxygens (including phenoxy) is 1. The maximum absolute atomic E-state index is 12.5. The van der Waals surface area contributed by atoms with E-state index < -0.39 is 10.0 Å². The number of nitrogens with one attached hydrogen (secondary N) is 1. The van der Waals surface area contributed by atoms with Crippen molar-refractivity contribution in [3.63, 3.8) is 0 Å². The highest BCUT2D eigenvalue weighted by molar-refractivity contribution is 7.89. The van der Waals surface area contributed by atoms with Gasteiger partial charge in [-0.25, -0.2) is 8.42 Å². The van der Waals surface area contributed by atoms with Gasteiger partial charge in [-0.2, -0.15) is 4.31 Å². The standard InChI is InChI=1S/C14H18N2O4S/c17-14-9-16(8-11-4-1-2-6-13(11)15-14)21(18,19)10-12-5-3-7-20-12/h1-2,4,6,12H,3,5,7-10H2,(H,15,17). The first-order valence-corrected chi connectivity index (χ1v) is 8.63. The van der Waals surface area contributed by atoms with Gasteiger partial charge in [-0.15, -0.1) is 0 Å². The first kappa shape index (κ1) is 14.5. The number of fused-ring (bicyclic) bond motifs is 1. The minimum absolute atomic E-state index is 0.0531. The molecule has 2 aliphatic heterocycles. The minimum Gasteiger partial charge on any atom is -0.377 e. The van der Waals surface area contributed by atoms with Crippen molar-refractivity contribution < 1.29 is 17.9 Å². The number of hydrogen-bond donors (Lipinski definition) is 1. The number of para-hydroxylation sites is 1. The predicted octanol–water partition coefficient (Wildman–Crippen LogP) is 0.949. The van der Waals surface area contributed by atoms with Crippen molar-refractivity contribution in [1.29, 1.82) is 0 Å². The summed E-state index contributed by atoms with van der Waals surface area (Å²) >= 11 is 0. The molecule has 114 valence electrons. The Bertz CT molecular complexity index is 638. The molecule has 0 radical (unpaired) electrons. The molecule has 0 saturated carbocycles. The molecule has 7 heteroatoms. The first-order valence-electron chi connectivity index (χ1n) is 7.02. The molecule has 1 aromatic carbocycles. The largest absolute Gasteiger partial charge is 0.377 e. The van der Waals surface area contributed by atoms with E-state index in [1.165, 1.54) is 4.31 Å². The third-order valence-corrected chi connectivity index (χ3v) is 5.61. The Kier molecular flexibility index (Phi) is 3.97. The van der Waals surface area contributed by atoms with Crippen LogP contribution in [0.15, 0.2) is 24.3 Å². The van der Waals surface area contributed by atoms with E-state index in [0.717, 1.165) is 18.4 Å². The topological polar surface area (TPSA) is 75.7 Å². The second kappa shape index (κ2) is 5.75. The summed E-state index contributed by atoms with van der Waals surface area (Å²) in [6.07, 6.45) is 1.40. The molecule has 1 unspecified atom stereocenters. The molecular weight excluding hydrogens is 292 g/mol. The molecule has 0 bridgehead atoms. The fourth-order valence-electron chi connectivity index (χ4n) is 2.69. The number of rotatable bonds is 3. The van der Waals surface area contributed by atoms with Crippen molar-refractivity contribution in [3.05, 3.63) is 29.8 Å². The van der Waals surface area contributed by atoms with Crippen molar-refractivity contribution in [2.45, 2.75) is 25.5 Å². The summed E-state index contributed by atoms with van der Waals surface area (Å²) in [7, 11) is -3.52. The van der Waals surface area contributed by atoms with Crippen LogP contribution >= 0.6 is 0 Å². The monoisotopic (exact) mass is 310 g/mol. The van der Waals surface area contributed by atoms with Gasteiger partial charge in [0.15, 0.2) is 0 Å². The number of sulfonamides is 1. The van der Waals surface area contributed by atoms with Crippen LogP contribution in [-0.4, -0.2) is 43.6 Å². The smallest absolute Gasteiger partial charge is 0.239 e. The molecule has 1 atom stereocenters. The highest BCUT2D eigenvalue weighted by atomic mass is 32.2. The summed E-state index contributed by atoms with van der Waals surface area (Å²) in [6.45, 7) is 0.678. The molecule has 1 N–H and O–H groups in total. The molecule has 2 aliphatic rings. The third-order valence-electron chi connectivity index (χ3n) is 3.77. The second-order valence-electron chi connectivity index (χ2n) is 5.39. The van der Waals surface area contributed by atoms with E-state index in [2.05, 4.69) is 5.32 Å². The molecule has 6 nitrogen and oxygen atoms in total. The van der Waals surface area contributed by atoms with Crippen LogP contribution in [0, 0.1) is 0 Å². The van der Waals surface area contributed by atoms with Crippen LogP contribution in [0.25, 0.3) is 0 Å². The highest BCUT2D eigenvalue weighted by Crippen LogP contribution is 2.23. The average Bonchev–Trinajstić information content (AvgIpc) is 2.85. The van der Waals surface area contributed by atoms with Crippen molar-refractivity contribution in [2.24, 2.45) is 0 Å². The van der Waals surface area contributed by atoms with Gasteiger partial charge in [-0.05, 0) is 24.5 Å². The maximum Gasteiger partial charge on any atom is 0.239 e. The molecule has 1 amide bonds. The van der Waals surface area contributed by atoms with E-state index in [1.54, 1.807) is 6.07 Å². The zero-order valence-electron chi connectivity index (χ0n) is 11.6. The fraction of sp³-hybridized carbons (Fsp3) is 0.500. The van der Waals surface area contributed by atoms with E-state index in [-0.39, 0.29) is 30.9 Å². The molecule has 0 aliphatic carbocycles. The number of amides is 1. The molecular formula is C14H18N2O4S. The summed E-state index contributed by atoms with van der Waals surface area (Å²) in [5.41, 5.74) is 1.48. The SMILES string of the molecule is O=C1CN(S(=O)(=O)CC2CCCO2)Cc2ccccc2N1. The average molecular weight is 310 g/mol. The zero-order valence-corrected chi connectivity index (χ0v) is 12.4.